The molecule has 0 bridgehead atoms. The summed E-state index contributed by atoms with van der Waals surface area (Å²) in [4.78, 5) is 0. The van der Waals surface area contributed by atoms with E-state index in [0.29, 0.717) is 5.75 Å². The van der Waals surface area contributed by atoms with Gasteiger partial charge in [0.2, 0.25) is 0 Å². The maximum atomic E-state index is 8.63. The van der Waals surface area contributed by atoms with Crippen LogP contribution in [0.15, 0.2) is 115 Å². The first-order valence-electron chi connectivity index (χ1n) is 8.28. The van der Waals surface area contributed by atoms with Crippen LogP contribution in [0.2, 0.25) is 0 Å². The monoisotopic (exact) mass is 324 g/mol. The number of phenolic OH excluding ortho intramolecular Hbond substituents is 1. The van der Waals surface area contributed by atoms with Crippen LogP contribution in [0.5, 0.6) is 5.75 Å². The highest BCUT2D eigenvalue weighted by Gasteiger charge is 2.00. The summed E-state index contributed by atoms with van der Waals surface area (Å²) < 4.78 is 0. The van der Waals surface area contributed by atoms with Crippen molar-refractivity contribution in [1.29, 1.82) is 0 Å². The molecule has 1 nitrogen and oxygen atoms in total. The quantitative estimate of drug-likeness (QED) is 0.451. The Morgan fingerprint density at radius 1 is 0.360 bits per heavy atom. The van der Waals surface area contributed by atoms with E-state index in [-0.39, 0.29) is 0 Å². The molecule has 0 aliphatic rings. The van der Waals surface area contributed by atoms with Crippen molar-refractivity contribution in [2.24, 2.45) is 0 Å². The van der Waals surface area contributed by atoms with Gasteiger partial charge in [-0.3, -0.25) is 0 Å². The Morgan fingerprint density at radius 3 is 1.08 bits per heavy atom. The lowest BCUT2D eigenvalue weighted by Crippen LogP contribution is -1.80. The molecule has 0 aromatic heterocycles. The van der Waals surface area contributed by atoms with Gasteiger partial charge in [-0.2, -0.15) is 0 Å². The van der Waals surface area contributed by atoms with Crippen molar-refractivity contribution >= 4 is 0 Å². The maximum Gasteiger partial charge on any atom is 0.115 e. The zero-order valence-corrected chi connectivity index (χ0v) is 13.9. The molecule has 0 heterocycles. The van der Waals surface area contributed by atoms with E-state index in [2.05, 4.69) is 72.8 Å². The first-order valence-corrected chi connectivity index (χ1v) is 8.28. The number of rotatable bonds is 2. The molecule has 0 amide bonds. The normalized spacial score (nSPS) is 9.76. The van der Waals surface area contributed by atoms with E-state index < -0.39 is 0 Å². The Bertz CT molecular complexity index is 830. The fraction of sp³-hybridized carbons (Fsp3) is 0. The molecule has 0 atom stereocenters. The second-order valence-corrected chi connectivity index (χ2v) is 5.65. The van der Waals surface area contributed by atoms with Crippen LogP contribution in [0, 0.1) is 0 Å². The molecule has 0 saturated carbocycles. The molecule has 0 radical (unpaired) electrons. The van der Waals surface area contributed by atoms with E-state index >= 15 is 0 Å². The topological polar surface area (TPSA) is 20.2 Å². The van der Waals surface area contributed by atoms with Crippen LogP contribution in [-0.2, 0) is 0 Å². The highest BCUT2D eigenvalue weighted by atomic mass is 16.3. The average molecular weight is 324 g/mol. The average Bonchev–Trinajstić information content (AvgIpc) is 2.71. The van der Waals surface area contributed by atoms with Crippen LogP contribution < -0.4 is 0 Å². The molecule has 4 rings (SSSR count). The fourth-order valence-corrected chi connectivity index (χ4v) is 2.57. The molecule has 4 aromatic rings. The summed E-state index contributed by atoms with van der Waals surface area (Å²) in [5.74, 6) is 0.322. The van der Waals surface area contributed by atoms with E-state index in [1.165, 1.54) is 22.3 Å². The Balaban J connectivity index is 0.000000219. The van der Waals surface area contributed by atoms with E-state index in [4.69, 9.17) is 5.11 Å². The predicted octanol–water partition coefficient (Wildman–Crippen LogP) is 6.41. The molecule has 0 saturated heterocycles. The van der Waals surface area contributed by atoms with Crippen LogP contribution in [-0.4, -0.2) is 5.11 Å². The predicted molar refractivity (Wildman–Crippen MR) is 105 cm³/mol. The molecule has 0 unspecified atom stereocenters. The molecule has 0 fully saturated rings. The minimum absolute atomic E-state index is 0.322. The summed E-state index contributed by atoms with van der Waals surface area (Å²) in [6.07, 6.45) is 0. The van der Waals surface area contributed by atoms with E-state index in [0.717, 1.165) is 0 Å². The first-order chi connectivity index (χ1) is 12.3. The maximum absolute atomic E-state index is 8.63. The molecular weight excluding hydrogens is 304 g/mol. The van der Waals surface area contributed by atoms with Crippen molar-refractivity contribution in [2.75, 3.05) is 0 Å². The zero-order chi connectivity index (χ0) is 17.3. The number of hydrogen-bond acceptors (Lipinski definition) is 1. The molecule has 0 aliphatic heterocycles. The summed E-state index contributed by atoms with van der Waals surface area (Å²) >= 11 is 0. The second kappa shape index (κ2) is 8.51. The van der Waals surface area contributed by atoms with E-state index in [9.17, 15) is 0 Å². The summed E-state index contributed by atoms with van der Waals surface area (Å²) in [6.45, 7) is 0. The fourth-order valence-electron chi connectivity index (χ4n) is 2.57. The van der Waals surface area contributed by atoms with Crippen LogP contribution in [0.4, 0.5) is 0 Å². The van der Waals surface area contributed by atoms with E-state index in [1.807, 2.05) is 18.2 Å². The minimum atomic E-state index is 0.322. The third-order valence-corrected chi connectivity index (χ3v) is 3.83. The van der Waals surface area contributed by atoms with Gasteiger partial charge in [0.05, 0.1) is 0 Å². The molecule has 0 aliphatic carbocycles. The highest BCUT2D eigenvalue weighted by molar-refractivity contribution is 5.72. The van der Waals surface area contributed by atoms with Crippen molar-refractivity contribution in [3.05, 3.63) is 115 Å². The number of hydrogen-bond donors (Lipinski definition) is 1. The Hall–Kier alpha value is -3.32. The highest BCUT2D eigenvalue weighted by Crippen LogP contribution is 2.25. The number of benzene rings is 4. The summed E-state index contributed by atoms with van der Waals surface area (Å²) in [5, 5.41) is 8.63. The number of para-hydroxylation sites is 1. The lowest BCUT2D eigenvalue weighted by molar-refractivity contribution is 0.475. The molecule has 122 valence electrons. The van der Waals surface area contributed by atoms with Gasteiger partial charge < -0.3 is 5.11 Å². The Morgan fingerprint density at radius 2 is 0.720 bits per heavy atom. The summed E-state index contributed by atoms with van der Waals surface area (Å²) in [5.41, 5.74) is 5.04. The third-order valence-electron chi connectivity index (χ3n) is 3.83. The van der Waals surface area contributed by atoms with Crippen LogP contribution in [0.3, 0.4) is 0 Å². The standard InChI is InChI=1S/C18H14.C6H6O/c1-3-8-15(9-4-1)17-12-7-13-18(14-17)16-10-5-2-6-11-16;7-6-4-2-1-3-5-6/h1-14H;1-5,7H. The van der Waals surface area contributed by atoms with Gasteiger partial charge in [0.25, 0.3) is 0 Å². The summed E-state index contributed by atoms with van der Waals surface area (Å²) in [6, 6.07) is 38.3. The molecule has 4 aromatic carbocycles. The molecule has 25 heavy (non-hydrogen) atoms. The van der Waals surface area contributed by atoms with Crippen LogP contribution in [0.1, 0.15) is 0 Å². The molecule has 0 spiro atoms. The SMILES string of the molecule is Oc1ccccc1.c1ccc(-c2cccc(-c3ccccc3)c2)cc1. The van der Waals surface area contributed by atoms with Gasteiger partial charge >= 0.3 is 0 Å². The van der Waals surface area contributed by atoms with Gasteiger partial charge in [-0.05, 0) is 40.5 Å². The zero-order valence-electron chi connectivity index (χ0n) is 13.9. The Labute approximate surface area is 148 Å². The smallest absolute Gasteiger partial charge is 0.115 e. The molecule has 1 N–H and O–H groups in total. The first kappa shape index (κ1) is 16.5. The van der Waals surface area contributed by atoms with Crippen molar-refractivity contribution in [2.45, 2.75) is 0 Å². The van der Waals surface area contributed by atoms with Crippen LogP contribution >= 0.6 is 0 Å². The summed E-state index contributed by atoms with van der Waals surface area (Å²) in [7, 11) is 0. The van der Waals surface area contributed by atoms with E-state index in [1.54, 1.807) is 24.3 Å². The van der Waals surface area contributed by atoms with Crippen molar-refractivity contribution in [1.82, 2.24) is 0 Å². The van der Waals surface area contributed by atoms with Gasteiger partial charge in [-0.25, -0.2) is 0 Å². The van der Waals surface area contributed by atoms with Gasteiger partial charge in [0.15, 0.2) is 0 Å². The van der Waals surface area contributed by atoms with Gasteiger partial charge in [0.1, 0.15) is 5.75 Å². The largest absolute Gasteiger partial charge is 0.508 e. The molecule has 1 heteroatoms. The minimum Gasteiger partial charge on any atom is -0.508 e. The van der Waals surface area contributed by atoms with Crippen molar-refractivity contribution < 1.29 is 5.11 Å². The number of phenols is 1. The molecular formula is C24H20O. The lowest BCUT2D eigenvalue weighted by atomic mass is 9.99. The third kappa shape index (κ3) is 4.82. The van der Waals surface area contributed by atoms with Crippen molar-refractivity contribution in [3.63, 3.8) is 0 Å². The van der Waals surface area contributed by atoms with Crippen LogP contribution in [0.25, 0.3) is 22.3 Å². The second-order valence-electron chi connectivity index (χ2n) is 5.65. The lowest BCUT2D eigenvalue weighted by Gasteiger charge is -2.05. The van der Waals surface area contributed by atoms with Gasteiger partial charge in [-0.1, -0.05) is 97.1 Å². The van der Waals surface area contributed by atoms with Gasteiger partial charge in [-0.15, -0.1) is 0 Å². The van der Waals surface area contributed by atoms with Crippen molar-refractivity contribution in [3.8, 4) is 28.0 Å². The Kier molecular flexibility index (Phi) is 5.63. The number of aromatic hydroxyl groups is 1. The van der Waals surface area contributed by atoms with Gasteiger partial charge in [0, 0.05) is 0 Å².